The Hall–Kier alpha value is -3.27. The number of likely N-dealkylation sites (N-methyl/N-ethyl adjacent to an activating group) is 1. The highest BCUT2D eigenvalue weighted by atomic mass is 16.5. The van der Waals surface area contributed by atoms with Crippen molar-refractivity contribution in [3.63, 3.8) is 0 Å². The van der Waals surface area contributed by atoms with Crippen LogP contribution in [0.1, 0.15) is 33.6 Å². The number of ether oxygens (including phenoxy) is 1. The smallest absolute Gasteiger partial charge is 0.264 e. The van der Waals surface area contributed by atoms with E-state index in [2.05, 4.69) is 16.0 Å². The van der Waals surface area contributed by atoms with Gasteiger partial charge in [-0.05, 0) is 18.6 Å². The predicted octanol–water partition coefficient (Wildman–Crippen LogP) is -0.738. The van der Waals surface area contributed by atoms with Crippen LogP contribution >= 0.6 is 0 Å². The van der Waals surface area contributed by atoms with Crippen molar-refractivity contribution < 1.29 is 28.7 Å². The first kappa shape index (κ1) is 19.5. The maximum absolute atomic E-state index is 12.9. The number of carbonyl (C=O) groups is 5. The summed E-state index contributed by atoms with van der Waals surface area (Å²) in [7, 11) is 1.51. The molecule has 148 valence electrons. The number of nitrogens with one attached hydrogen (secondary N) is 3. The van der Waals surface area contributed by atoms with E-state index >= 15 is 0 Å². The van der Waals surface area contributed by atoms with Gasteiger partial charge in [0.1, 0.15) is 12.6 Å². The van der Waals surface area contributed by atoms with Crippen LogP contribution in [0, 0.1) is 0 Å². The Morgan fingerprint density at radius 2 is 2.04 bits per heavy atom. The molecule has 1 aromatic rings. The molecule has 2 aliphatic rings. The summed E-state index contributed by atoms with van der Waals surface area (Å²) in [5, 5.41) is 7.62. The number of hydrogen-bond acceptors (Lipinski definition) is 7. The van der Waals surface area contributed by atoms with Gasteiger partial charge in [-0.2, -0.15) is 0 Å². The fourth-order valence-corrected chi connectivity index (χ4v) is 3.16. The minimum Gasteiger partial charge on any atom is -0.382 e. The fourth-order valence-electron chi connectivity index (χ4n) is 3.16. The van der Waals surface area contributed by atoms with E-state index in [4.69, 9.17) is 4.74 Å². The molecule has 1 fully saturated rings. The van der Waals surface area contributed by atoms with Crippen LogP contribution in [0.25, 0.3) is 0 Å². The lowest BCUT2D eigenvalue weighted by atomic mass is 10.0. The van der Waals surface area contributed by atoms with Crippen molar-refractivity contribution in [2.75, 3.05) is 32.1 Å². The molecule has 0 aromatic heterocycles. The summed E-state index contributed by atoms with van der Waals surface area (Å²) in [6.45, 7) is 0.454. The molecule has 2 heterocycles. The van der Waals surface area contributed by atoms with Crippen LogP contribution in [-0.2, 0) is 19.1 Å². The van der Waals surface area contributed by atoms with Gasteiger partial charge < -0.3 is 15.4 Å². The molecule has 5 amide bonds. The quantitative estimate of drug-likeness (QED) is 0.414. The zero-order valence-corrected chi connectivity index (χ0v) is 15.2. The zero-order chi connectivity index (χ0) is 20.3. The van der Waals surface area contributed by atoms with Crippen LogP contribution in [0.4, 0.5) is 5.69 Å². The second-order valence-electron chi connectivity index (χ2n) is 6.33. The summed E-state index contributed by atoms with van der Waals surface area (Å²) in [5.74, 6) is -2.46. The van der Waals surface area contributed by atoms with E-state index < -0.39 is 29.7 Å². The predicted molar refractivity (Wildman–Crippen MR) is 96.5 cm³/mol. The Bertz CT molecular complexity index is 852. The monoisotopic (exact) mass is 388 g/mol. The summed E-state index contributed by atoms with van der Waals surface area (Å²) in [6, 6.07) is 3.80. The third-order valence-corrected chi connectivity index (χ3v) is 4.54. The lowest BCUT2D eigenvalue weighted by Gasteiger charge is -2.27. The SMILES string of the molecule is CNC(=O)COCCNc1cccc2c1C(=O)N(C1CCC(=O)NC1=O)C2=O. The highest BCUT2D eigenvalue weighted by Gasteiger charge is 2.45. The Morgan fingerprint density at radius 1 is 1.25 bits per heavy atom. The molecule has 1 atom stereocenters. The first-order valence-corrected chi connectivity index (χ1v) is 8.80. The van der Waals surface area contributed by atoms with Gasteiger partial charge in [0.25, 0.3) is 11.8 Å². The highest BCUT2D eigenvalue weighted by Crippen LogP contribution is 2.32. The largest absolute Gasteiger partial charge is 0.382 e. The fraction of sp³-hybridized carbons (Fsp3) is 0.389. The lowest BCUT2D eigenvalue weighted by Crippen LogP contribution is -2.54. The molecule has 1 aromatic carbocycles. The number of carbonyl (C=O) groups excluding carboxylic acids is 5. The number of fused-ring (bicyclic) bond motifs is 1. The van der Waals surface area contributed by atoms with Gasteiger partial charge in [-0.15, -0.1) is 0 Å². The van der Waals surface area contributed by atoms with Crippen LogP contribution in [0.2, 0.25) is 0 Å². The third kappa shape index (κ3) is 3.72. The maximum Gasteiger partial charge on any atom is 0.264 e. The van der Waals surface area contributed by atoms with E-state index in [1.54, 1.807) is 12.1 Å². The van der Waals surface area contributed by atoms with Gasteiger partial charge in [-0.1, -0.05) is 6.07 Å². The van der Waals surface area contributed by atoms with Crippen molar-refractivity contribution in [2.45, 2.75) is 18.9 Å². The summed E-state index contributed by atoms with van der Waals surface area (Å²) in [5.41, 5.74) is 0.823. The van der Waals surface area contributed by atoms with Gasteiger partial charge in [0.15, 0.2) is 0 Å². The average molecular weight is 388 g/mol. The molecule has 3 N–H and O–H groups in total. The molecule has 1 unspecified atom stereocenters. The lowest BCUT2D eigenvalue weighted by molar-refractivity contribution is -0.136. The van der Waals surface area contributed by atoms with Crippen LogP contribution in [0.5, 0.6) is 0 Å². The van der Waals surface area contributed by atoms with Crippen molar-refractivity contribution in [3.8, 4) is 0 Å². The summed E-state index contributed by atoms with van der Waals surface area (Å²) < 4.78 is 5.19. The zero-order valence-electron chi connectivity index (χ0n) is 15.2. The minimum absolute atomic E-state index is 0.0671. The molecule has 2 aliphatic heterocycles. The van der Waals surface area contributed by atoms with Gasteiger partial charge in [-0.3, -0.25) is 34.2 Å². The normalized spacial score (nSPS) is 18.8. The van der Waals surface area contributed by atoms with Gasteiger partial charge in [0, 0.05) is 25.7 Å². The van der Waals surface area contributed by atoms with Gasteiger partial charge in [-0.25, -0.2) is 0 Å². The standard InChI is InChI=1S/C18H20N4O6/c1-19-14(24)9-28-8-7-20-11-4-2-3-10-15(11)18(27)22(17(10)26)12-5-6-13(23)21-16(12)25/h2-4,12,20H,5-9H2,1H3,(H,19,24)(H,21,23,25). The van der Waals surface area contributed by atoms with E-state index in [0.717, 1.165) is 4.90 Å². The molecule has 0 aliphatic carbocycles. The van der Waals surface area contributed by atoms with E-state index in [0.29, 0.717) is 12.2 Å². The molecular formula is C18H20N4O6. The highest BCUT2D eigenvalue weighted by molar-refractivity contribution is 6.25. The Labute approximate surface area is 160 Å². The van der Waals surface area contributed by atoms with E-state index in [1.807, 2.05) is 0 Å². The number of benzene rings is 1. The van der Waals surface area contributed by atoms with E-state index in [9.17, 15) is 24.0 Å². The number of amides is 5. The van der Waals surface area contributed by atoms with E-state index in [1.165, 1.54) is 13.1 Å². The molecule has 1 saturated heterocycles. The van der Waals surface area contributed by atoms with Crippen LogP contribution in [0.3, 0.4) is 0 Å². The van der Waals surface area contributed by atoms with Crippen molar-refractivity contribution in [1.29, 1.82) is 0 Å². The number of imide groups is 2. The number of piperidine rings is 1. The molecule has 0 bridgehead atoms. The first-order chi connectivity index (χ1) is 13.4. The molecular weight excluding hydrogens is 368 g/mol. The molecule has 10 nitrogen and oxygen atoms in total. The van der Waals surface area contributed by atoms with Gasteiger partial charge in [0.05, 0.1) is 17.7 Å². The second kappa shape index (κ2) is 8.17. The van der Waals surface area contributed by atoms with Crippen molar-refractivity contribution in [2.24, 2.45) is 0 Å². The number of rotatable bonds is 7. The third-order valence-electron chi connectivity index (χ3n) is 4.54. The van der Waals surface area contributed by atoms with E-state index in [-0.39, 0.29) is 43.1 Å². The number of nitrogens with zero attached hydrogens (tertiary/aromatic N) is 1. The topological polar surface area (TPSA) is 134 Å². The summed E-state index contributed by atoms with van der Waals surface area (Å²) in [4.78, 5) is 61.1. The van der Waals surface area contributed by atoms with Crippen molar-refractivity contribution in [1.82, 2.24) is 15.5 Å². The summed E-state index contributed by atoms with van der Waals surface area (Å²) >= 11 is 0. The first-order valence-electron chi connectivity index (χ1n) is 8.80. The summed E-state index contributed by atoms with van der Waals surface area (Å²) in [6.07, 6.45) is 0.170. The van der Waals surface area contributed by atoms with Crippen molar-refractivity contribution >= 4 is 35.2 Å². The minimum atomic E-state index is -1.01. The second-order valence-corrected chi connectivity index (χ2v) is 6.33. The van der Waals surface area contributed by atoms with Crippen LogP contribution in [-0.4, -0.2) is 67.3 Å². The number of anilines is 1. The van der Waals surface area contributed by atoms with Crippen LogP contribution < -0.4 is 16.0 Å². The Balaban J connectivity index is 1.70. The van der Waals surface area contributed by atoms with Crippen molar-refractivity contribution in [3.05, 3.63) is 29.3 Å². The van der Waals surface area contributed by atoms with Gasteiger partial charge >= 0.3 is 0 Å². The maximum atomic E-state index is 12.9. The number of hydrogen-bond donors (Lipinski definition) is 3. The molecule has 0 saturated carbocycles. The average Bonchev–Trinajstić information content (AvgIpc) is 2.93. The Kier molecular flexibility index (Phi) is 5.69. The van der Waals surface area contributed by atoms with Crippen LogP contribution in [0.15, 0.2) is 18.2 Å². The molecule has 3 rings (SSSR count). The molecule has 0 radical (unpaired) electrons. The Morgan fingerprint density at radius 3 is 2.75 bits per heavy atom. The molecule has 28 heavy (non-hydrogen) atoms. The molecule has 0 spiro atoms. The molecule has 10 heteroatoms. The van der Waals surface area contributed by atoms with Gasteiger partial charge in [0.2, 0.25) is 17.7 Å².